The molecule has 4 heteroatoms. The van der Waals surface area contributed by atoms with Crippen LogP contribution in [0.3, 0.4) is 0 Å². The highest BCUT2D eigenvalue weighted by atomic mass is 19.3. The van der Waals surface area contributed by atoms with Crippen molar-refractivity contribution < 1.29 is 8.78 Å². The van der Waals surface area contributed by atoms with Crippen molar-refractivity contribution in [1.29, 1.82) is 0 Å². The molecule has 0 saturated heterocycles. The van der Waals surface area contributed by atoms with Gasteiger partial charge < -0.3 is 0 Å². The summed E-state index contributed by atoms with van der Waals surface area (Å²) in [4.78, 5) is 8.64. The van der Waals surface area contributed by atoms with Crippen LogP contribution < -0.4 is 0 Å². The summed E-state index contributed by atoms with van der Waals surface area (Å²) in [5, 5.41) is 0. The van der Waals surface area contributed by atoms with Crippen LogP contribution in [0.2, 0.25) is 0 Å². The lowest BCUT2D eigenvalue weighted by atomic mass is 9.81. The number of halogens is 2. The summed E-state index contributed by atoms with van der Waals surface area (Å²) >= 11 is 0. The lowest BCUT2D eigenvalue weighted by molar-refractivity contribution is 0.224. The molecule has 1 atom stereocenters. The zero-order valence-electron chi connectivity index (χ0n) is 16.4. The fourth-order valence-corrected chi connectivity index (χ4v) is 3.07. The normalized spacial score (nSPS) is 14.9. The molecule has 1 heterocycles. The summed E-state index contributed by atoms with van der Waals surface area (Å²) in [7, 11) is 0. The second-order valence-electron chi connectivity index (χ2n) is 7.55. The van der Waals surface area contributed by atoms with Crippen LogP contribution in [0.15, 0.2) is 29.4 Å². The molecule has 0 aliphatic heterocycles. The van der Waals surface area contributed by atoms with E-state index in [1.54, 1.807) is 6.20 Å². The molecule has 0 fully saturated rings. The van der Waals surface area contributed by atoms with Crippen molar-refractivity contribution in [2.24, 2.45) is 10.4 Å². The summed E-state index contributed by atoms with van der Waals surface area (Å²) in [6.07, 6.45) is 4.41. The average molecular weight is 350 g/mol. The molecule has 1 aromatic heterocycles. The molecule has 0 N–H and O–H groups in total. The van der Waals surface area contributed by atoms with Gasteiger partial charge in [-0.05, 0) is 61.8 Å². The molecule has 2 nitrogen and oxygen atoms in total. The van der Waals surface area contributed by atoms with E-state index in [1.807, 2.05) is 32.9 Å². The predicted molar refractivity (Wildman–Crippen MR) is 103 cm³/mol. The van der Waals surface area contributed by atoms with E-state index in [4.69, 9.17) is 0 Å². The largest absolute Gasteiger partial charge is 0.280 e. The third-order valence-electron chi connectivity index (χ3n) is 4.47. The molecule has 1 rings (SSSR count). The topological polar surface area (TPSA) is 25.2 Å². The van der Waals surface area contributed by atoms with E-state index >= 15 is 0 Å². The number of hydrogen-bond acceptors (Lipinski definition) is 2. The number of rotatable bonds is 9. The van der Waals surface area contributed by atoms with Crippen LogP contribution >= 0.6 is 0 Å². The second-order valence-corrected chi connectivity index (χ2v) is 7.55. The maximum Gasteiger partial charge on any atom is 0.279 e. The quantitative estimate of drug-likeness (QED) is 0.467. The molecule has 0 radical (unpaired) electrons. The third-order valence-corrected chi connectivity index (χ3v) is 4.47. The first-order valence-corrected chi connectivity index (χ1v) is 9.15. The molecular weight excluding hydrogens is 318 g/mol. The van der Waals surface area contributed by atoms with Crippen molar-refractivity contribution in [3.8, 4) is 0 Å². The van der Waals surface area contributed by atoms with E-state index < -0.39 is 6.43 Å². The summed E-state index contributed by atoms with van der Waals surface area (Å²) in [5.41, 5.74) is 2.50. The first-order chi connectivity index (χ1) is 11.7. The Morgan fingerprint density at radius 2 is 1.96 bits per heavy atom. The number of pyridine rings is 1. The maximum atomic E-state index is 13.5. The second kappa shape index (κ2) is 9.79. The molecule has 0 aliphatic rings. The molecule has 0 amide bonds. The van der Waals surface area contributed by atoms with Crippen molar-refractivity contribution in [1.82, 2.24) is 4.98 Å². The van der Waals surface area contributed by atoms with Crippen LogP contribution in [0, 0.1) is 12.3 Å². The van der Waals surface area contributed by atoms with Gasteiger partial charge in [-0.1, -0.05) is 40.2 Å². The van der Waals surface area contributed by atoms with Crippen LogP contribution in [0.25, 0.3) is 5.57 Å². The Balaban J connectivity index is 3.05. The van der Waals surface area contributed by atoms with Crippen LogP contribution in [-0.4, -0.2) is 23.2 Å². The molecule has 0 saturated carbocycles. The fraction of sp³-hybridized carbons (Fsp3) is 0.619. The van der Waals surface area contributed by atoms with Crippen molar-refractivity contribution >= 4 is 11.3 Å². The number of aromatic nitrogens is 1. The molecule has 0 aromatic carbocycles. The Labute approximate surface area is 151 Å². The van der Waals surface area contributed by atoms with Crippen LogP contribution in [0.5, 0.6) is 0 Å². The van der Waals surface area contributed by atoms with E-state index in [-0.39, 0.29) is 17.2 Å². The number of alkyl halides is 2. The van der Waals surface area contributed by atoms with Crippen molar-refractivity contribution in [3.05, 3.63) is 35.7 Å². The van der Waals surface area contributed by atoms with E-state index in [9.17, 15) is 8.78 Å². The van der Waals surface area contributed by atoms with E-state index in [2.05, 4.69) is 30.7 Å². The number of allylic oxidation sites excluding steroid dienone is 2. The lowest BCUT2D eigenvalue weighted by Gasteiger charge is -2.27. The molecule has 0 spiro atoms. The summed E-state index contributed by atoms with van der Waals surface area (Å²) in [6.45, 7) is 12.3. The van der Waals surface area contributed by atoms with E-state index in [0.29, 0.717) is 0 Å². The first-order valence-electron chi connectivity index (χ1n) is 9.15. The molecule has 25 heavy (non-hydrogen) atoms. The van der Waals surface area contributed by atoms with Gasteiger partial charge in [0.15, 0.2) is 0 Å². The van der Waals surface area contributed by atoms with Gasteiger partial charge >= 0.3 is 0 Å². The van der Waals surface area contributed by atoms with Gasteiger partial charge in [-0.15, -0.1) is 0 Å². The highest BCUT2D eigenvalue weighted by Crippen LogP contribution is 2.30. The smallest absolute Gasteiger partial charge is 0.279 e. The molecule has 0 bridgehead atoms. The van der Waals surface area contributed by atoms with Gasteiger partial charge in [-0.3, -0.25) is 9.98 Å². The Kier molecular flexibility index (Phi) is 8.40. The van der Waals surface area contributed by atoms with Crippen molar-refractivity contribution in [3.63, 3.8) is 0 Å². The summed E-state index contributed by atoms with van der Waals surface area (Å²) < 4.78 is 27.1. The first kappa shape index (κ1) is 21.5. The average Bonchev–Trinajstić information content (AvgIpc) is 2.53. The maximum absolute atomic E-state index is 13.5. The van der Waals surface area contributed by atoms with Gasteiger partial charge in [-0.2, -0.15) is 0 Å². The highest BCUT2D eigenvalue weighted by Gasteiger charge is 2.23. The number of aliphatic imine (C=N–C) groups is 1. The van der Waals surface area contributed by atoms with Gasteiger partial charge in [0.05, 0.1) is 6.04 Å². The van der Waals surface area contributed by atoms with Gasteiger partial charge in [0.2, 0.25) is 0 Å². The minimum atomic E-state index is -2.57. The predicted octanol–water partition coefficient (Wildman–Crippen LogP) is 6.49. The summed E-state index contributed by atoms with van der Waals surface area (Å²) in [5.74, 6) is 0. The van der Waals surface area contributed by atoms with Crippen LogP contribution in [0.4, 0.5) is 8.78 Å². The molecule has 1 aromatic rings. The lowest BCUT2D eigenvalue weighted by Crippen LogP contribution is -2.21. The van der Waals surface area contributed by atoms with Crippen molar-refractivity contribution in [2.75, 3.05) is 0 Å². The number of aryl methyl sites for hydroxylation is 1. The highest BCUT2D eigenvalue weighted by molar-refractivity contribution is 6.02. The van der Waals surface area contributed by atoms with Crippen LogP contribution in [-0.2, 0) is 0 Å². The van der Waals surface area contributed by atoms with Gasteiger partial charge in [0, 0.05) is 11.9 Å². The minimum absolute atomic E-state index is 0.0780. The van der Waals surface area contributed by atoms with Gasteiger partial charge in [-0.25, -0.2) is 8.78 Å². The fourth-order valence-electron chi connectivity index (χ4n) is 3.07. The summed E-state index contributed by atoms with van der Waals surface area (Å²) in [6, 6.07) is 3.71. The third kappa shape index (κ3) is 7.45. The van der Waals surface area contributed by atoms with E-state index in [0.717, 1.165) is 42.5 Å². The Morgan fingerprint density at radius 1 is 1.28 bits per heavy atom. The number of hydrogen-bond donors (Lipinski definition) is 0. The Bertz CT molecular complexity index is 586. The SMILES string of the molecule is CCCC(C)(C)CC(CC)N=C(/C=C(\C)c1ccc(C)nc1)C(F)F. The molecular formula is C21H32F2N2. The Morgan fingerprint density at radius 3 is 2.44 bits per heavy atom. The molecule has 0 aliphatic carbocycles. The minimum Gasteiger partial charge on any atom is -0.280 e. The standard InChI is InChI=1S/C21H32F2N2/c1-7-11-21(5,6)13-18(8-2)25-19(20(22)23)12-15(3)17-10-9-16(4)24-14-17/h9-10,12,14,18,20H,7-8,11,13H2,1-6H3/b15-12+,25-19?. The molecule has 1 unspecified atom stereocenters. The van der Waals surface area contributed by atoms with Gasteiger partial charge in [0.1, 0.15) is 5.71 Å². The number of nitrogens with zero attached hydrogens (tertiary/aromatic N) is 2. The Hall–Kier alpha value is -1.58. The van der Waals surface area contributed by atoms with Gasteiger partial charge in [0.25, 0.3) is 6.43 Å². The zero-order chi connectivity index (χ0) is 19.0. The van der Waals surface area contributed by atoms with E-state index in [1.165, 1.54) is 6.08 Å². The molecule has 140 valence electrons. The monoisotopic (exact) mass is 350 g/mol. The van der Waals surface area contributed by atoms with Crippen molar-refractivity contribution in [2.45, 2.75) is 79.7 Å². The van der Waals surface area contributed by atoms with Crippen LogP contribution in [0.1, 0.15) is 71.6 Å². The zero-order valence-corrected chi connectivity index (χ0v) is 16.4.